The highest BCUT2D eigenvalue weighted by Gasteiger charge is 2.19. The van der Waals surface area contributed by atoms with Crippen LogP contribution in [0.4, 0.5) is 13.2 Å². The summed E-state index contributed by atoms with van der Waals surface area (Å²) in [5, 5.41) is 10.2. The number of halogens is 3. The second-order valence-electron chi connectivity index (χ2n) is 5.02. The van der Waals surface area contributed by atoms with Crippen molar-refractivity contribution >= 4 is 0 Å². The molecule has 2 aromatic carbocycles. The molecule has 1 N–H and O–H groups in total. The Hall–Kier alpha value is -2.01. The fourth-order valence-corrected chi connectivity index (χ4v) is 2.48. The number of ether oxygens (including phenoxy) is 1. The highest BCUT2D eigenvalue weighted by atomic mass is 19.2. The van der Waals surface area contributed by atoms with Crippen LogP contribution in [0.15, 0.2) is 30.3 Å². The van der Waals surface area contributed by atoms with Crippen molar-refractivity contribution in [3.63, 3.8) is 0 Å². The molecule has 0 radical (unpaired) electrons. The summed E-state index contributed by atoms with van der Waals surface area (Å²) in [4.78, 5) is 0. The normalized spacial score (nSPS) is 15.2. The van der Waals surface area contributed by atoms with Crippen LogP contribution >= 0.6 is 0 Å². The van der Waals surface area contributed by atoms with Gasteiger partial charge in [-0.25, -0.2) is 13.2 Å². The average molecular weight is 294 g/mol. The van der Waals surface area contributed by atoms with Crippen molar-refractivity contribution in [1.82, 2.24) is 0 Å². The Balaban J connectivity index is 1.96. The zero-order valence-electron chi connectivity index (χ0n) is 11.1. The maximum absolute atomic E-state index is 13.2. The molecule has 0 fully saturated rings. The fourth-order valence-electron chi connectivity index (χ4n) is 2.48. The van der Waals surface area contributed by atoms with E-state index in [4.69, 9.17) is 4.74 Å². The molecule has 1 aliphatic heterocycles. The van der Waals surface area contributed by atoms with Crippen LogP contribution in [-0.4, -0.2) is 11.7 Å². The van der Waals surface area contributed by atoms with Gasteiger partial charge in [0.1, 0.15) is 11.9 Å². The van der Waals surface area contributed by atoms with E-state index in [9.17, 15) is 18.3 Å². The maximum atomic E-state index is 13.2. The van der Waals surface area contributed by atoms with Crippen molar-refractivity contribution in [3.8, 4) is 5.75 Å². The van der Waals surface area contributed by atoms with Gasteiger partial charge >= 0.3 is 0 Å². The summed E-state index contributed by atoms with van der Waals surface area (Å²) in [6.07, 6.45) is 0.482. The SMILES string of the molecule is OC(c1cc(F)c(F)c(F)c1)c1ccc2c(c1)CCCO2. The first-order chi connectivity index (χ1) is 10.1. The topological polar surface area (TPSA) is 29.5 Å². The van der Waals surface area contributed by atoms with Crippen LogP contribution in [0.3, 0.4) is 0 Å². The van der Waals surface area contributed by atoms with E-state index in [1.165, 1.54) is 0 Å². The van der Waals surface area contributed by atoms with Gasteiger partial charge in [0.25, 0.3) is 0 Å². The van der Waals surface area contributed by atoms with Crippen molar-refractivity contribution in [3.05, 3.63) is 64.5 Å². The van der Waals surface area contributed by atoms with Crippen molar-refractivity contribution in [2.24, 2.45) is 0 Å². The lowest BCUT2D eigenvalue weighted by Gasteiger charge is -2.19. The van der Waals surface area contributed by atoms with Gasteiger partial charge in [-0.3, -0.25) is 0 Å². The van der Waals surface area contributed by atoms with E-state index in [1.807, 2.05) is 0 Å². The Morgan fingerprint density at radius 1 is 1.00 bits per heavy atom. The Labute approximate surface area is 119 Å². The van der Waals surface area contributed by atoms with Crippen molar-refractivity contribution in [2.45, 2.75) is 18.9 Å². The van der Waals surface area contributed by atoms with E-state index in [-0.39, 0.29) is 5.56 Å². The van der Waals surface area contributed by atoms with Crippen LogP contribution in [0.2, 0.25) is 0 Å². The van der Waals surface area contributed by atoms with E-state index < -0.39 is 23.6 Å². The molecule has 2 nitrogen and oxygen atoms in total. The Morgan fingerprint density at radius 2 is 1.71 bits per heavy atom. The monoisotopic (exact) mass is 294 g/mol. The zero-order valence-corrected chi connectivity index (χ0v) is 11.1. The number of hydrogen-bond acceptors (Lipinski definition) is 2. The standard InChI is InChI=1S/C16H13F3O2/c17-12-7-11(8-13(18)15(12)19)16(20)10-3-4-14-9(6-10)2-1-5-21-14/h3-4,6-8,16,20H,1-2,5H2. The first kappa shape index (κ1) is 13.9. The molecule has 0 aromatic heterocycles. The lowest BCUT2D eigenvalue weighted by molar-refractivity contribution is 0.218. The Bertz CT molecular complexity index is 662. The van der Waals surface area contributed by atoms with Crippen LogP contribution in [-0.2, 0) is 6.42 Å². The molecular weight excluding hydrogens is 281 g/mol. The predicted octanol–water partition coefficient (Wildman–Crippen LogP) is 3.51. The molecule has 2 aromatic rings. The molecule has 1 heterocycles. The second-order valence-corrected chi connectivity index (χ2v) is 5.02. The number of hydrogen-bond donors (Lipinski definition) is 1. The third-order valence-electron chi connectivity index (χ3n) is 3.57. The summed E-state index contributed by atoms with van der Waals surface area (Å²) < 4.78 is 44.9. The molecule has 3 rings (SSSR count). The van der Waals surface area contributed by atoms with Gasteiger partial charge in [-0.2, -0.15) is 0 Å². The summed E-state index contributed by atoms with van der Waals surface area (Å²) >= 11 is 0. The van der Waals surface area contributed by atoms with Crippen molar-refractivity contribution < 1.29 is 23.0 Å². The molecule has 1 atom stereocenters. The molecule has 0 saturated heterocycles. The highest BCUT2D eigenvalue weighted by Crippen LogP contribution is 2.31. The van der Waals surface area contributed by atoms with Gasteiger partial charge in [-0.05, 0) is 53.8 Å². The Morgan fingerprint density at radius 3 is 2.43 bits per heavy atom. The van der Waals surface area contributed by atoms with Gasteiger partial charge in [-0.1, -0.05) is 6.07 Å². The van der Waals surface area contributed by atoms with Crippen LogP contribution in [0, 0.1) is 17.5 Å². The lowest BCUT2D eigenvalue weighted by atomic mass is 9.96. The highest BCUT2D eigenvalue weighted by molar-refractivity contribution is 5.41. The summed E-state index contributed by atoms with van der Waals surface area (Å²) in [6, 6.07) is 6.72. The van der Waals surface area contributed by atoms with Gasteiger partial charge < -0.3 is 9.84 Å². The summed E-state index contributed by atoms with van der Waals surface area (Å²) in [5.41, 5.74) is 1.41. The molecule has 110 valence electrons. The van der Waals surface area contributed by atoms with E-state index in [1.54, 1.807) is 18.2 Å². The summed E-state index contributed by atoms with van der Waals surface area (Å²) in [7, 11) is 0. The van der Waals surface area contributed by atoms with Gasteiger partial charge in [0.15, 0.2) is 17.5 Å². The number of fused-ring (bicyclic) bond motifs is 1. The summed E-state index contributed by atoms with van der Waals surface area (Å²) in [5.74, 6) is -3.41. The molecule has 5 heteroatoms. The zero-order chi connectivity index (χ0) is 15.0. The minimum Gasteiger partial charge on any atom is -0.493 e. The molecule has 21 heavy (non-hydrogen) atoms. The van der Waals surface area contributed by atoms with Crippen LogP contribution in [0.25, 0.3) is 0 Å². The second kappa shape index (κ2) is 5.41. The Kier molecular flexibility index (Phi) is 3.59. The van der Waals surface area contributed by atoms with Gasteiger partial charge in [0.2, 0.25) is 0 Å². The van der Waals surface area contributed by atoms with Crippen LogP contribution < -0.4 is 4.74 Å². The molecule has 0 saturated carbocycles. The average Bonchev–Trinajstić information content (AvgIpc) is 2.51. The molecular formula is C16H13F3O2. The molecule has 0 bridgehead atoms. The number of aryl methyl sites for hydroxylation is 1. The van der Waals surface area contributed by atoms with Gasteiger partial charge in [0.05, 0.1) is 6.61 Å². The van der Waals surface area contributed by atoms with E-state index in [0.717, 1.165) is 36.3 Å². The van der Waals surface area contributed by atoms with Gasteiger partial charge in [-0.15, -0.1) is 0 Å². The predicted molar refractivity (Wildman–Crippen MR) is 70.6 cm³/mol. The third kappa shape index (κ3) is 2.61. The maximum Gasteiger partial charge on any atom is 0.194 e. The minimum atomic E-state index is -1.54. The lowest BCUT2D eigenvalue weighted by Crippen LogP contribution is -2.10. The molecule has 1 aliphatic rings. The van der Waals surface area contributed by atoms with Gasteiger partial charge in [0, 0.05) is 0 Å². The van der Waals surface area contributed by atoms with Crippen molar-refractivity contribution in [2.75, 3.05) is 6.61 Å². The van der Waals surface area contributed by atoms with E-state index >= 15 is 0 Å². The fraction of sp³-hybridized carbons (Fsp3) is 0.250. The smallest absolute Gasteiger partial charge is 0.194 e. The quantitative estimate of drug-likeness (QED) is 0.859. The van der Waals surface area contributed by atoms with E-state index in [0.29, 0.717) is 12.2 Å². The number of aliphatic hydroxyl groups excluding tert-OH is 1. The number of benzene rings is 2. The number of rotatable bonds is 2. The molecule has 1 unspecified atom stereocenters. The minimum absolute atomic E-state index is 0.0249. The molecule has 0 aliphatic carbocycles. The number of aliphatic hydroxyl groups is 1. The van der Waals surface area contributed by atoms with Crippen LogP contribution in [0.1, 0.15) is 29.2 Å². The third-order valence-corrected chi connectivity index (χ3v) is 3.57. The molecule has 0 amide bonds. The first-order valence-corrected chi connectivity index (χ1v) is 6.64. The van der Waals surface area contributed by atoms with Crippen LogP contribution in [0.5, 0.6) is 5.75 Å². The largest absolute Gasteiger partial charge is 0.493 e. The summed E-state index contributed by atoms with van der Waals surface area (Å²) in [6.45, 7) is 0.656. The molecule has 0 spiro atoms. The van der Waals surface area contributed by atoms with E-state index in [2.05, 4.69) is 0 Å². The van der Waals surface area contributed by atoms with Crippen molar-refractivity contribution in [1.29, 1.82) is 0 Å². The first-order valence-electron chi connectivity index (χ1n) is 6.64.